The molecule has 4 rings (SSSR count). The Hall–Kier alpha value is -3.00. The fourth-order valence-electron chi connectivity index (χ4n) is 3.54. The van der Waals surface area contributed by atoms with Crippen molar-refractivity contribution < 1.29 is 13.7 Å². The SMILES string of the molecule is Cc1noc(C2CCN(C(=O)C=Cc3c(C)nn(-c4ccc(F)cc4)c3Cl)CC2)n1. The molecule has 0 saturated carbocycles. The molecule has 1 amide bonds. The zero-order chi connectivity index (χ0) is 21.3. The summed E-state index contributed by atoms with van der Waals surface area (Å²) in [5, 5.41) is 8.61. The van der Waals surface area contributed by atoms with Crippen molar-refractivity contribution in [1.29, 1.82) is 0 Å². The standard InChI is InChI=1S/C21H21ClFN5O2/c1-13-18(20(22)28(25-13)17-5-3-16(23)4-6-17)7-8-19(29)27-11-9-15(10-12-27)21-24-14(2)26-30-21/h3-8,15H,9-12H2,1-2H3. The fraction of sp³-hybridized carbons (Fsp3) is 0.333. The molecule has 0 radical (unpaired) electrons. The zero-order valence-electron chi connectivity index (χ0n) is 16.7. The summed E-state index contributed by atoms with van der Waals surface area (Å²) in [4.78, 5) is 18.7. The molecule has 0 aliphatic carbocycles. The van der Waals surface area contributed by atoms with Crippen molar-refractivity contribution in [1.82, 2.24) is 24.8 Å². The van der Waals surface area contributed by atoms with Gasteiger partial charge in [-0.1, -0.05) is 16.8 Å². The minimum absolute atomic E-state index is 0.0832. The van der Waals surface area contributed by atoms with Crippen molar-refractivity contribution in [2.75, 3.05) is 13.1 Å². The van der Waals surface area contributed by atoms with Crippen molar-refractivity contribution >= 4 is 23.6 Å². The molecular weight excluding hydrogens is 409 g/mol. The molecule has 1 saturated heterocycles. The largest absolute Gasteiger partial charge is 0.339 e. The number of piperidine rings is 1. The van der Waals surface area contributed by atoms with E-state index >= 15 is 0 Å². The Balaban J connectivity index is 1.43. The van der Waals surface area contributed by atoms with Gasteiger partial charge in [-0.2, -0.15) is 10.1 Å². The number of aryl methyl sites for hydroxylation is 2. The highest BCUT2D eigenvalue weighted by atomic mass is 35.5. The number of rotatable bonds is 4. The Kier molecular flexibility index (Phi) is 5.67. The molecular formula is C21H21ClFN5O2. The predicted molar refractivity (Wildman–Crippen MR) is 110 cm³/mol. The van der Waals surface area contributed by atoms with Gasteiger partial charge in [-0.3, -0.25) is 4.79 Å². The maximum Gasteiger partial charge on any atom is 0.246 e. The Morgan fingerprint density at radius 2 is 1.93 bits per heavy atom. The second kappa shape index (κ2) is 8.39. The number of aromatic nitrogens is 4. The highest BCUT2D eigenvalue weighted by Gasteiger charge is 2.26. The van der Waals surface area contributed by atoms with Crippen LogP contribution in [0.2, 0.25) is 5.15 Å². The monoisotopic (exact) mass is 429 g/mol. The number of hydrogen-bond donors (Lipinski definition) is 0. The van der Waals surface area contributed by atoms with E-state index in [1.54, 1.807) is 30.0 Å². The molecule has 0 N–H and O–H groups in total. The lowest BCUT2D eigenvalue weighted by atomic mass is 9.96. The van der Waals surface area contributed by atoms with Crippen molar-refractivity contribution in [3.05, 3.63) is 64.3 Å². The van der Waals surface area contributed by atoms with Crippen LogP contribution >= 0.6 is 11.6 Å². The number of hydrogen-bond acceptors (Lipinski definition) is 5. The van der Waals surface area contributed by atoms with Gasteiger partial charge in [0.2, 0.25) is 11.8 Å². The summed E-state index contributed by atoms with van der Waals surface area (Å²) < 4.78 is 19.9. The maximum absolute atomic E-state index is 13.2. The third-order valence-corrected chi connectivity index (χ3v) is 5.57. The first kappa shape index (κ1) is 20.3. The van der Waals surface area contributed by atoms with Gasteiger partial charge < -0.3 is 9.42 Å². The van der Waals surface area contributed by atoms with Gasteiger partial charge in [0.15, 0.2) is 5.82 Å². The minimum atomic E-state index is -0.331. The number of halogens is 2. The molecule has 1 aromatic carbocycles. The number of benzene rings is 1. The fourth-order valence-corrected chi connectivity index (χ4v) is 3.87. The van der Waals surface area contributed by atoms with Crippen LogP contribution in [-0.2, 0) is 4.79 Å². The molecule has 3 heterocycles. The molecule has 3 aromatic rings. The van der Waals surface area contributed by atoms with Crippen molar-refractivity contribution in [2.45, 2.75) is 32.6 Å². The topological polar surface area (TPSA) is 77.0 Å². The number of nitrogens with zero attached hydrogens (tertiary/aromatic N) is 5. The van der Waals surface area contributed by atoms with Crippen LogP contribution in [0.4, 0.5) is 4.39 Å². The predicted octanol–water partition coefficient (Wildman–Crippen LogP) is 4.08. The van der Waals surface area contributed by atoms with E-state index in [0.717, 1.165) is 12.8 Å². The summed E-state index contributed by atoms with van der Waals surface area (Å²) in [6, 6.07) is 5.89. The Morgan fingerprint density at radius 3 is 2.57 bits per heavy atom. The van der Waals surface area contributed by atoms with Crippen LogP contribution < -0.4 is 0 Å². The molecule has 0 spiro atoms. The van der Waals surface area contributed by atoms with Crippen molar-refractivity contribution in [3.63, 3.8) is 0 Å². The van der Waals surface area contributed by atoms with E-state index in [4.69, 9.17) is 16.1 Å². The highest BCUT2D eigenvalue weighted by Crippen LogP contribution is 2.28. The summed E-state index contributed by atoms with van der Waals surface area (Å²) in [6.45, 7) is 4.85. The second-order valence-corrected chi connectivity index (χ2v) is 7.65. The van der Waals surface area contributed by atoms with E-state index in [1.807, 2.05) is 6.92 Å². The molecule has 0 unspecified atom stereocenters. The van der Waals surface area contributed by atoms with E-state index in [1.165, 1.54) is 22.9 Å². The van der Waals surface area contributed by atoms with Crippen molar-refractivity contribution in [2.24, 2.45) is 0 Å². The molecule has 1 aliphatic rings. The summed E-state index contributed by atoms with van der Waals surface area (Å²) >= 11 is 6.47. The molecule has 30 heavy (non-hydrogen) atoms. The van der Waals surface area contributed by atoms with Crippen LogP contribution in [-0.4, -0.2) is 43.8 Å². The third kappa shape index (κ3) is 4.14. The van der Waals surface area contributed by atoms with Gasteiger partial charge in [0.1, 0.15) is 11.0 Å². The molecule has 2 aromatic heterocycles. The second-order valence-electron chi connectivity index (χ2n) is 7.29. The van der Waals surface area contributed by atoms with Crippen LogP contribution in [0.25, 0.3) is 11.8 Å². The highest BCUT2D eigenvalue weighted by molar-refractivity contribution is 6.31. The molecule has 0 bridgehead atoms. The zero-order valence-corrected chi connectivity index (χ0v) is 17.4. The Labute approximate surface area is 178 Å². The normalized spacial score (nSPS) is 15.3. The lowest BCUT2D eigenvalue weighted by Gasteiger charge is -2.29. The summed E-state index contributed by atoms with van der Waals surface area (Å²) in [5.41, 5.74) is 1.98. The van der Waals surface area contributed by atoms with E-state index in [9.17, 15) is 9.18 Å². The van der Waals surface area contributed by atoms with Crippen LogP contribution in [0.5, 0.6) is 0 Å². The van der Waals surface area contributed by atoms with Gasteiger partial charge in [-0.15, -0.1) is 0 Å². The number of carbonyl (C=O) groups excluding carboxylic acids is 1. The molecule has 0 atom stereocenters. The Bertz CT molecular complexity index is 1080. The van der Waals surface area contributed by atoms with Crippen LogP contribution in [0.15, 0.2) is 34.9 Å². The minimum Gasteiger partial charge on any atom is -0.339 e. The van der Waals surface area contributed by atoms with Crippen molar-refractivity contribution in [3.8, 4) is 5.69 Å². The van der Waals surface area contributed by atoms with Gasteiger partial charge in [0, 0.05) is 30.6 Å². The third-order valence-electron chi connectivity index (χ3n) is 5.21. The Morgan fingerprint density at radius 1 is 1.23 bits per heavy atom. The van der Waals surface area contributed by atoms with Gasteiger partial charge in [-0.05, 0) is 57.0 Å². The number of amides is 1. The van der Waals surface area contributed by atoms with E-state index in [2.05, 4.69) is 15.2 Å². The number of carbonyl (C=O) groups is 1. The van der Waals surface area contributed by atoms with Crippen LogP contribution in [0, 0.1) is 19.7 Å². The van der Waals surface area contributed by atoms with E-state index < -0.39 is 0 Å². The lowest BCUT2D eigenvalue weighted by molar-refractivity contribution is -0.127. The quantitative estimate of drug-likeness (QED) is 0.584. The van der Waals surface area contributed by atoms with Gasteiger partial charge >= 0.3 is 0 Å². The van der Waals surface area contributed by atoms with E-state index in [-0.39, 0.29) is 17.6 Å². The molecule has 1 fully saturated rings. The average Bonchev–Trinajstić information content (AvgIpc) is 3.30. The van der Waals surface area contributed by atoms with E-state index in [0.29, 0.717) is 46.9 Å². The maximum atomic E-state index is 13.2. The number of likely N-dealkylation sites (tertiary alicyclic amines) is 1. The molecule has 7 nitrogen and oxygen atoms in total. The summed E-state index contributed by atoms with van der Waals surface area (Å²) in [6.07, 6.45) is 4.76. The van der Waals surface area contributed by atoms with Gasteiger partial charge in [-0.25, -0.2) is 9.07 Å². The van der Waals surface area contributed by atoms with Gasteiger partial charge in [0.25, 0.3) is 0 Å². The first-order chi connectivity index (χ1) is 14.4. The lowest BCUT2D eigenvalue weighted by Crippen LogP contribution is -2.36. The first-order valence-corrected chi connectivity index (χ1v) is 10.1. The van der Waals surface area contributed by atoms with Crippen LogP contribution in [0.3, 0.4) is 0 Å². The van der Waals surface area contributed by atoms with Gasteiger partial charge in [0.05, 0.1) is 11.4 Å². The summed E-state index contributed by atoms with van der Waals surface area (Å²) in [5.74, 6) is 1.04. The summed E-state index contributed by atoms with van der Waals surface area (Å²) in [7, 11) is 0. The van der Waals surface area contributed by atoms with Crippen LogP contribution in [0.1, 0.15) is 41.7 Å². The average molecular weight is 430 g/mol. The molecule has 1 aliphatic heterocycles. The first-order valence-electron chi connectivity index (χ1n) is 9.70. The molecule has 9 heteroatoms. The molecule has 156 valence electrons. The smallest absolute Gasteiger partial charge is 0.246 e.